The number of hydrogen-bond acceptors (Lipinski definition) is 3. The fourth-order valence-electron chi connectivity index (χ4n) is 8.04. The van der Waals surface area contributed by atoms with Crippen molar-refractivity contribution in [1.82, 2.24) is 15.0 Å². The topological polar surface area (TPSA) is 38.7 Å². The number of aromatic nitrogens is 3. The third-order valence-electron chi connectivity index (χ3n) is 10.7. The molecule has 0 amide bonds. The van der Waals surface area contributed by atoms with Crippen molar-refractivity contribution in [3.05, 3.63) is 175 Å². The molecule has 9 aromatic rings. The molecule has 1 aliphatic carbocycles. The zero-order valence-corrected chi connectivity index (χ0v) is 28.4. The first kappa shape index (κ1) is 29.5. The molecule has 3 nitrogen and oxygen atoms in total. The van der Waals surface area contributed by atoms with Gasteiger partial charge < -0.3 is 0 Å². The Hall–Kier alpha value is -6.45. The molecule has 0 aliphatic heterocycles. The quantitative estimate of drug-likeness (QED) is 0.190. The predicted molar refractivity (Wildman–Crippen MR) is 212 cm³/mol. The van der Waals surface area contributed by atoms with Crippen LogP contribution in [0.25, 0.3) is 88.7 Å². The van der Waals surface area contributed by atoms with E-state index in [1.54, 1.807) is 0 Å². The first-order valence-corrected chi connectivity index (χ1v) is 17.5. The van der Waals surface area contributed by atoms with Crippen LogP contribution in [0.4, 0.5) is 0 Å². The summed E-state index contributed by atoms with van der Waals surface area (Å²) in [4.78, 5) is 15.5. The third-order valence-corrected chi connectivity index (χ3v) is 10.7. The molecule has 0 atom stereocenters. The Morgan fingerprint density at radius 3 is 1.49 bits per heavy atom. The summed E-state index contributed by atoms with van der Waals surface area (Å²) in [7, 11) is 0. The van der Waals surface area contributed by atoms with Gasteiger partial charge in [-0.05, 0) is 90.0 Å². The molecule has 0 fully saturated rings. The molecule has 0 saturated carbocycles. The van der Waals surface area contributed by atoms with Gasteiger partial charge in [-0.2, -0.15) is 0 Å². The lowest BCUT2D eigenvalue weighted by atomic mass is 9.82. The maximum absolute atomic E-state index is 5.19. The molecular weight excluding hydrogens is 619 g/mol. The Kier molecular flexibility index (Phi) is 6.53. The smallest absolute Gasteiger partial charge is 0.164 e. The van der Waals surface area contributed by atoms with Crippen LogP contribution in [0.2, 0.25) is 0 Å². The minimum absolute atomic E-state index is 0.0272. The average molecular weight is 652 g/mol. The highest BCUT2D eigenvalue weighted by Crippen LogP contribution is 2.50. The summed E-state index contributed by atoms with van der Waals surface area (Å²) in [5.74, 6) is 1.97. The van der Waals surface area contributed by atoms with Gasteiger partial charge in [0.2, 0.25) is 0 Å². The van der Waals surface area contributed by atoms with E-state index in [1.165, 1.54) is 49.5 Å². The van der Waals surface area contributed by atoms with E-state index >= 15 is 0 Å². The number of rotatable bonds is 4. The van der Waals surface area contributed by atoms with Crippen molar-refractivity contribution >= 4 is 32.3 Å². The summed E-state index contributed by atoms with van der Waals surface area (Å²) >= 11 is 0. The molecule has 0 unspecified atom stereocenters. The summed E-state index contributed by atoms with van der Waals surface area (Å²) in [6.45, 7) is 4.66. The maximum Gasteiger partial charge on any atom is 0.164 e. The third kappa shape index (κ3) is 4.77. The van der Waals surface area contributed by atoms with E-state index < -0.39 is 0 Å². The molecule has 3 heteroatoms. The maximum atomic E-state index is 5.19. The Balaban J connectivity index is 1.16. The second-order valence-electron chi connectivity index (χ2n) is 14.1. The van der Waals surface area contributed by atoms with Crippen LogP contribution in [0.1, 0.15) is 25.0 Å². The molecule has 0 spiro atoms. The second kappa shape index (κ2) is 11.3. The number of benzene rings is 8. The largest absolute Gasteiger partial charge is 0.208 e. The number of nitrogens with zero attached hydrogens (tertiary/aromatic N) is 3. The van der Waals surface area contributed by atoms with Crippen LogP contribution in [-0.4, -0.2) is 15.0 Å². The van der Waals surface area contributed by atoms with E-state index in [9.17, 15) is 0 Å². The fourth-order valence-corrected chi connectivity index (χ4v) is 8.04. The number of fused-ring (bicyclic) bond motifs is 6. The highest BCUT2D eigenvalue weighted by Gasteiger charge is 2.35. The van der Waals surface area contributed by atoms with Crippen molar-refractivity contribution in [3.63, 3.8) is 0 Å². The zero-order valence-electron chi connectivity index (χ0n) is 28.4. The molecule has 8 aromatic carbocycles. The first-order valence-electron chi connectivity index (χ1n) is 17.5. The molecule has 1 aliphatic rings. The van der Waals surface area contributed by atoms with Crippen LogP contribution in [-0.2, 0) is 5.41 Å². The van der Waals surface area contributed by atoms with E-state index in [0.717, 1.165) is 32.8 Å². The van der Waals surface area contributed by atoms with E-state index in [-0.39, 0.29) is 5.41 Å². The lowest BCUT2D eigenvalue weighted by Gasteiger charge is -2.21. The van der Waals surface area contributed by atoms with Gasteiger partial charge in [-0.3, -0.25) is 0 Å². The van der Waals surface area contributed by atoms with E-state index in [2.05, 4.69) is 178 Å². The second-order valence-corrected chi connectivity index (χ2v) is 14.1. The van der Waals surface area contributed by atoms with E-state index in [1.807, 2.05) is 0 Å². The highest BCUT2D eigenvalue weighted by atomic mass is 15.0. The lowest BCUT2D eigenvalue weighted by molar-refractivity contribution is 0.660. The Bertz CT molecular complexity index is 2750. The molecule has 0 saturated heterocycles. The minimum atomic E-state index is -0.0272. The van der Waals surface area contributed by atoms with E-state index in [0.29, 0.717) is 17.5 Å². The summed E-state index contributed by atoms with van der Waals surface area (Å²) in [6, 6.07) is 58.5. The van der Waals surface area contributed by atoms with Gasteiger partial charge in [0.1, 0.15) is 0 Å². The Morgan fingerprint density at radius 1 is 0.333 bits per heavy atom. The van der Waals surface area contributed by atoms with Crippen molar-refractivity contribution in [3.8, 4) is 56.4 Å². The molecule has 0 radical (unpaired) electrons. The fraction of sp³-hybridized carbons (Fsp3) is 0.0625. The zero-order chi connectivity index (χ0) is 34.1. The molecule has 240 valence electrons. The normalized spacial score (nSPS) is 13.1. The minimum Gasteiger partial charge on any atom is -0.208 e. The standard InChI is InChI=1S/C48H33N3/c1-48(2)43-18-10-9-17-40(43)42-29-34(23-26-44(42)48)37-24-25-41(39-16-8-7-15-38(37)39)47-50-45(35-21-19-30-11-3-5-13-32(30)27-35)49-46(51-47)36-22-20-31-12-4-6-14-33(31)28-36/h3-29H,1-2H3. The Labute approximate surface area is 297 Å². The summed E-state index contributed by atoms with van der Waals surface area (Å²) < 4.78 is 0. The van der Waals surface area contributed by atoms with Gasteiger partial charge in [0.15, 0.2) is 17.5 Å². The van der Waals surface area contributed by atoms with Crippen molar-refractivity contribution in [1.29, 1.82) is 0 Å². The molecule has 1 heterocycles. The molecular formula is C48H33N3. The SMILES string of the molecule is CC1(C)c2ccccc2-c2cc(-c3ccc(-c4nc(-c5ccc6ccccc6c5)nc(-c5ccc6ccccc6c5)n4)c4ccccc34)ccc21. The summed E-state index contributed by atoms with van der Waals surface area (Å²) in [6.07, 6.45) is 0. The van der Waals surface area contributed by atoms with Crippen LogP contribution in [0.5, 0.6) is 0 Å². The van der Waals surface area contributed by atoms with Gasteiger partial charge in [0.05, 0.1) is 0 Å². The lowest BCUT2D eigenvalue weighted by Crippen LogP contribution is -2.14. The average Bonchev–Trinajstić information content (AvgIpc) is 3.42. The summed E-state index contributed by atoms with van der Waals surface area (Å²) in [5, 5.41) is 6.95. The molecule has 51 heavy (non-hydrogen) atoms. The van der Waals surface area contributed by atoms with Gasteiger partial charge in [-0.15, -0.1) is 0 Å². The van der Waals surface area contributed by atoms with Gasteiger partial charge in [0, 0.05) is 22.1 Å². The highest BCUT2D eigenvalue weighted by molar-refractivity contribution is 6.05. The number of hydrogen-bond donors (Lipinski definition) is 0. The first-order chi connectivity index (χ1) is 25.0. The monoisotopic (exact) mass is 651 g/mol. The molecule has 0 bridgehead atoms. The van der Waals surface area contributed by atoms with Crippen LogP contribution < -0.4 is 0 Å². The van der Waals surface area contributed by atoms with Gasteiger partial charge in [-0.25, -0.2) is 15.0 Å². The van der Waals surface area contributed by atoms with Gasteiger partial charge in [0.25, 0.3) is 0 Å². The van der Waals surface area contributed by atoms with Gasteiger partial charge >= 0.3 is 0 Å². The van der Waals surface area contributed by atoms with Crippen LogP contribution >= 0.6 is 0 Å². The van der Waals surface area contributed by atoms with Crippen molar-refractivity contribution in [2.24, 2.45) is 0 Å². The van der Waals surface area contributed by atoms with Gasteiger partial charge in [-0.1, -0.05) is 153 Å². The van der Waals surface area contributed by atoms with Crippen molar-refractivity contribution < 1.29 is 0 Å². The van der Waals surface area contributed by atoms with Crippen molar-refractivity contribution in [2.75, 3.05) is 0 Å². The molecule has 10 rings (SSSR count). The molecule has 0 N–H and O–H groups in total. The van der Waals surface area contributed by atoms with Crippen LogP contribution in [0, 0.1) is 0 Å². The Morgan fingerprint density at radius 2 is 0.824 bits per heavy atom. The van der Waals surface area contributed by atoms with E-state index in [4.69, 9.17) is 15.0 Å². The van der Waals surface area contributed by atoms with Crippen molar-refractivity contribution in [2.45, 2.75) is 19.3 Å². The summed E-state index contributed by atoms with van der Waals surface area (Å²) in [5.41, 5.74) is 10.7. The predicted octanol–water partition coefficient (Wildman–Crippen LogP) is 12.3. The van der Waals surface area contributed by atoms with Crippen LogP contribution in [0.15, 0.2) is 164 Å². The molecule has 1 aromatic heterocycles. The van der Waals surface area contributed by atoms with Crippen LogP contribution in [0.3, 0.4) is 0 Å².